The minimum atomic E-state index is 0.825. The Bertz CT molecular complexity index is 208. The van der Waals surface area contributed by atoms with Gasteiger partial charge in [0.15, 0.2) is 0 Å². The van der Waals surface area contributed by atoms with Gasteiger partial charge < -0.3 is 0 Å². The zero-order valence-corrected chi connectivity index (χ0v) is 9.92. The van der Waals surface area contributed by atoms with Crippen LogP contribution in [0.2, 0.25) is 0 Å². The summed E-state index contributed by atoms with van der Waals surface area (Å²) in [5.41, 5.74) is 1.57. The van der Waals surface area contributed by atoms with Gasteiger partial charge in [-0.3, -0.25) is 0 Å². The van der Waals surface area contributed by atoms with Crippen molar-refractivity contribution >= 4 is 0 Å². The zero-order chi connectivity index (χ0) is 10.4. The van der Waals surface area contributed by atoms with E-state index in [2.05, 4.69) is 39.0 Å². The van der Waals surface area contributed by atoms with Crippen LogP contribution in [0.15, 0.2) is 23.8 Å². The zero-order valence-electron chi connectivity index (χ0n) is 9.92. The molecule has 14 heavy (non-hydrogen) atoms. The first kappa shape index (κ1) is 11.6. The average Bonchev–Trinajstić information content (AvgIpc) is 2.18. The average molecular weight is 192 g/mol. The van der Waals surface area contributed by atoms with E-state index in [0.29, 0.717) is 0 Å². The Kier molecular flexibility index (Phi) is 5.00. The highest BCUT2D eigenvalue weighted by Gasteiger charge is 2.13. The lowest BCUT2D eigenvalue weighted by atomic mass is 9.84. The van der Waals surface area contributed by atoms with Crippen molar-refractivity contribution in [3.63, 3.8) is 0 Å². The second-order valence-corrected chi connectivity index (χ2v) is 4.76. The largest absolute Gasteiger partial charge is 0.0840 e. The highest BCUT2D eigenvalue weighted by molar-refractivity contribution is 5.22. The first-order valence-corrected chi connectivity index (χ1v) is 6.09. The molecule has 1 unspecified atom stereocenters. The van der Waals surface area contributed by atoms with Crippen LogP contribution in [-0.4, -0.2) is 0 Å². The van der Waals surface area contributed by atoms with Crippen molar-refractivity contribution < 1.29 is 0 Å². The first-order valence-electron chi connectivity index (χ1n) is 6.09. The second-order valence-electron chi connectivity index (χ2n) is 4.76. The quantitative estimate of drug-likeness (QED) is 0.591. The SMILES string of the molecule is CCCC(CC1=CCCC=C1)C(C)C. The molecule has 0 aromatic rings. The maximum Gasteiger partial charge on any atom is -0.0251 e. The maximum atomic E-state index is 2.42. The number of allylic oxidation sites excluding steroid dienone is 4. The molecule has 0 fully saturated rings. The van der Waals surface area contributed by atoms with E-state index in [9.17, 15) is 0 Å². The van der Waals surface area contributed by atoms with E-state index in [-0.39, 0.29) is 0 Å². The number of hydrogen-bond donors (Lipinski definition) is 0. The molecular weight excluding hydrogens is 168 g/mol. The van der Waals surface area contributed by atoms with Crippen LogP contribution in [0.25, 0.3) is 0 Å². The van der Waals surface area contributed by atoms with E-state index >= 15 is 0 Å². The van der Waals surface area contributed by atoms with Crippen LogP contribution in [0.5, 0.6) is 0 Å². The van der Waals surface area contributed by atoms with Gasteiger partial charge in [0.1, 0.15) is 0 Å². The van der Waals surface area contributed by atoms with Crippen LogP contribution in [0.1, 0.15) is 52.9 Å². The van der Waals surface area contributed by atoms with Crippen molar-refractivity contribution in [3.05, 3.63) is 23.8 Å². The van der Waals surface area contributed by atoms with E-state index in [4.69, 9.17) is 0 Å². The van der Waals surface area contributed by atoms with Crippen LogP contribution in [0.4, 0.5) is 0 Å². The summed E-state index contributed by atoms with van der Waals surface area (Å²) in [6.45, 7) is 7.00. The van der Waals surface area contributed by atoms with Crippen molar-refractivity contribution in [2.75, 3.05) is 0 Å². The lowest BCUT2D eigenvalue weighted by Crippen LogP contribution is -2.09. The molecule has 0 N–H and O–H groups in total. The van der Waals surface area contributed by atoms with Gasteiger partial charge in [0.25, 0.3) is 0 Å². The molecule has 0 nitrogen and oxygen atoms in total. The fourth-order valence-corrected chi connectivity index (χ4v) is 2.16. The van der Waals surface area contributed by atoms with Gasteiger partial charge in [0, 0.05) is 0 Å². The molecule has 1 atom stereocenters. The first-order chi connectivity index (χ1) is 6.74. The van der Waals surface area contributed by atoms with Crippen LogP contribution in [0, 0.1) is 11.8 Å². The molecule has 80 valence electrons. The summed E-state index contributed by atoms with van der Waals surface area (Å²) < 4.78 is 0. The van der Waals surface area contributed by atoms with Gasteiger partial charge in [-0.25, -0.2) is 0 Å². The molecular formula is C14H24. The summed E-state index contributed by atoms with van der Waals surface area (Å²) in [6.07, 6.45) is 13.6. The third-order valence-electron chi connectivity index (χ3n) is 3.17. The minimum absolute atomic E-state index is 0.825. The van der Waals surface area contributed by atoms with E-state index < -0.39 is 0 Å². The normalized spacial score (nSPS) is 18.4. The lowest BCUT2D eigenvalue weighted by molar-refractivity contribution is 0.355. The van der Waals surface area contributed by atoms with Crippen molar-refractivity contribution in [3.8, 4) is 0 Å². The Morgan fingerprint density at radius 1 is 1.29 bits per heavy atom. The van der Waals surface area contributed by atoms with Gasteiger partial charge in [-0.1, -0.05) is 57.4 Å². The lowest BCUT2D eigenvalue weighted by Gasteiger charge is -2.21. The Balaban J connectivity index is 2.46. The summed E-state index contributed by atoms with van der Waals surface area (Å²) in [5.74, 6) is 1.71. The van der Waals surface area contributed by atoms with Gasteiger partial charge in [0.05, 0.1) is 0 Å². The van der Waals surface area contributed by atoms with E-state index in [1.807, 2.05) is 0 Å². The monoisotopic (exact) mass is 192 g/mol. The molecule has 0 bridgehead atoms. The highest BCUT2D eigenvalue weighted by atomic mass is 14.2. The van der Waals surface area contributed by atoms with Crippen molar-refractivity contribution in [1.82, 2.24) is 0 Å². The van der Waals surface area contributed by atoms with Gasteiger partial charge in [0.2, 0.25) is 0 Å². The molecule has 1 rings (SSSR count). The fourth-order valence-electron chi connectivity index (χ4n) is 2.16. The van der Waals surface area contributed by atoms with Crippen LogP contribution in [0.3, 0.4) is 0 Å². The molecule has 1 aliphatic carbocycles. The fraction of sp³-hybridized carbons (Fsp3) is 0.714. The molecule has 0 radical (unpaired) electrons. The molecule has 0 aromatic carbocycles. The van der Waals surface area contributed by atoms with Crippen molar-refractivity contribution in [2.45, 2.75) is 52.9 Å². The molecule has 0 saturated carbocycles. The molecule has 0 saturated heterocycles. The Labute approximate surface area is 89.1 Å². The number of hydrogen-bond acceptors (Lipinski definition) is 0. The Morgan fingerprint density at radius 3 is 2.57 bits per heavy atom. The molecule has 0 aromatic heterocycles. The Morgan fingerprint density at radius 2 is 2.07 bits per heavy atom. The van der Waals surface area contributed by atoms with E-state index in [1.165, 1.54) is 32.1 Å². The van der Waals surface area contributed by atoms with Crippen molar-refractivity contribution in [2.24, 2.45) is 11.8 Å². The predicted octanol–water partition coefficient (Wildman–Crippen LogP) is 4.73. The Hall–Kier alpha value is -0.520. The third-order valence-corrected chi connectivity index (χ3v) is 3.17. The summed E-state index contributed by atoms with van der Waals surface area (Å²) >= 11 is 0. The third kappa shape index (κ3) is 3.69. The van der Waals surface area contributed by atoms with Crippen molar-refractivity contribution in [1.29, 1.82) is 0 Å². The summed E-state index contributed by atoms with van der Waals surface area (Å²) in [7, 11) is 0. The smallest absolute Gasteiger partial charge is 0.0251 e. The maximum absolute atomic E-state index is 2.42. The van der Waals surface area contributed by atoms with Crippen LogP contribution in [-0.2, 0) is 0 Å². The molecule has 0 amide bonds. The highest BCUT2D eigenvalue weighted by Crippen LogP contribution is 2.27. The van der Waals surface area contributed by atoms with Gasteiger partial charge in [-0.15, -0.1) is 0 Å². The van der Waals surface area contributed by atoms with Gasteiger partial charge in [-0.2, -0.15) is 0 Å². The molecule has 1 aliphatic rings. The summed E-state index contributed by atoms with van der Waals surface area (Å²) in [6, 6.07) is 0. The molecule has 0 heteroatoms. The summed E-state index contributed by atoms with van der Waals surface area (Å²) in [4.78, 5) is 0. The van der Waals surface area contributed by atoms with E-state index in [0.717, 1.165) is 11.8 Å². The van der Waals surface area contributed by atoms with Crippen LogP contribution < -0.4 is 0 Å². The van der Waals surface area contributed by atoms with Crippen LogP contribution >= 0.6 is 0 Å². The minimum Gasteiger partial charge on any atom is -0.0840 e. The molecule has 0 spiro atoms. The van der Waals surface area contributed by atoms with Gasteiger partial charge in [-0.05, 0) is 31.1 Å². The standard InChI is InChI=1S/C14H24/c1-4-8-14(12(2)3)11-13-9-6-5-7-10-13/h6,9-10,12,14H,4-5,7-8,11H2,1-3H3. The summed E-state index contributed by atoms with van der Waals surface area (Å²) in [5, 5.41) is 0. The molecule has 0 heterocycles. The topological polar surface area (TPSA) is 0 Å². The van der Waals surface area contributed by atoms with E-state index in [1.54, 1.807) is 5.57 Å². The second kappa shape index (κ2) is 6.06. The number of rotatable bonds is 5. The predicted molar refractivity (Wildman–Crippen MR) is 64.3 cm³/mol. The van der Waals surface area contributed by atoms with Gasteiger partial charge >= 0.3 is 0 Å². The molecule has 0 aliphatic heterocycles.